The van der Waals surface area contributed by atoms with Crippen LogP contribution < -0.4 is 0 Å². The molecule has 0 bridgehead atoms. The van der Waals surface area contributed by atoms with Crippen LogP contribution in [0.2, 0.25) is 5.15 Å². The van der Waals surface area contributed by atoms with E-state index in [1.165, 1.54) is 0 Å². The van der Waals surface area contributed by atoms with Crippen LogP contribution in [-0.4, -0.2) is 4.98 Å². The van der Waals surface area contributed by atoms with Gasteiger partial charge in [-0.25, -0.2) is 4.98 Å². The minimum atomic E-state index is 0.482. The third-order valence-electron chi connectivity index (χ3n) is 0.878. The van der Waals surface area contributed by atoms with Crippen molar-refractivity contribution in [2.75, 3.05) is 0 Å². The Balaban J connectivity index is 3.17. The molecule has 0 saturated heterocycles. The van der Waals surface area contributed by atoms with E-state index in [-0.39, 0.29) is 0 Å². The molecule has 1 heterocycles. The average Bonchev–Trinajstić information content (AvgIpc) is 1.80. The Hall–Kier alpha value is 0.170. The molecule has 0 aromatic carbocycles. The van der Waals surface area contributed by atoms with Gasteiger partial charge >= 0.3 is 0 Å². The van der Waals surface area contributed by atoms with Gasteiger partial charge in [0.25, 0.3) is 0 Å². The van der Waals surface area contributed by atoms with Crippen LogP contribution in [0.5, 0.6) is 0 Å². The minimum Gasteiger partial charge on any atom is -0.243 e. The Bertz CT molecular complexity index is 224. The molecule has 0 aliphatic rings. The highest BCUT2D eigenvalue weighted by Gasteiger charge is 1.94. The smallest absolute Gasteiger partial charge is 0.132 e. The topological polar surface area (TPSA) is 12.9 Å². The predicted molar refractivity (Wildman–Crippen MR) is 46.4 cm³/mol. The zero-order valence-electron chi connectivity index (χ0n) is 4.56. The third kappa shape index (κ3) is 1.79. The molecule has 0 amide bonds. The molecule has 1 nitrogen and oxygen atoms in total. The van der Waals surface area contributed by atoms with E-state index in [1.807, 2.05) is 6.07 Å². The van der Waals surface area contributed by atoms with Crippen molar-refractivity contribution in [2.45, 2.75) is 0 Å². The largest absolute Gasteiger partial charge is 0.243 e. The van der Waals surface area contributed by atoms with Crippen LogP contribution in [0.25, 0.3) is 0 Å². The van der Waals surface area contributed by atoms with Crippen molar-refractivity contribution < 1.29 is 0 Å². The average molecular weight is 252 g/mol. The molecular weight excluding hydrogens is 248 g/mol. The van der Waals surface area contributed by atoms with Gasteiger partial charge in [0.2, 0.25) is 0 Å². The lowest BCUT2D eigenvalue weighted by atomic mass is 10.3. The molecule has 0 spiro atoms. The molecule has 3 heteroatoms. The number of hydrogen-bond donors (Lipinski definition) is 0. The number of rotatable bonds is 0. The van der Waals surface area contributed by atoms with Crippen LogP contribution in [-0.2, 0) is 0 Å². The molecule has 0 unspecified atom stereocenters. The van der Waals surface area contributed by atoms with E-state index in [0.717, 1.165) is 9.13 Å². The maximum atomic E-state index is 5.60. The number of halogens is 2. The van der Waals surface area contributed by atoms with E-state index in [4.69, 9.17) is 11.6 Å². The molecule has 0 atom stereocenters. The summed E-state index contributed by atoms with van der Waals surface area (Å²) in [5.74, 6) is 0. The van der Waals surface area contributed by atoms with Crippen molar-refractivity contribution in [1.29, 1.82) is 0 Å². The molecule has 1 radical (unpaired) electrons. The Morgan fingerprint density at radius 3 is 2.78 bits per heavy atom. The molecule has 1 rings (SSSR count). The fraction of sp³-hybridized carbons (Fsp3) is 0. The maximum absolute atomic E-state index is 5.60. The molecule has 0 saturated carbocycles. The van der Waals surface area contributed by atoms with Gasteiger partial charge in [-0.3, -0.25) is 0 Å². The Morgan fingerprint density at radius 2 is 2.33 bits per heavy atom. The van der Waals surface area contributed by atoms with Gasteiger partial charge in [0.05, 0.1) is 0 Å². The highest BCUT2D eigenvalue weighted by Crippen LogP contribution is 2.13. The van der Waals surface area contributed by atoms with Crippen LogP contribution in [0.1, 0.15) is 5.56 Å². The van der Waals surface area contributed by atoms with Crippen molar-refractivity contribution in [2.24, 2.45) is 0 Å². The fourth-order valence-corrected chi connectivity index (χ4v) is 1.08. The Labute approximate surface area is 72.6 Å². The number of nitrogens with zero attached hydrogens (tertiary/aromatic N) is 1. The van der Waals surface area contributed by atoms with Crippen molar-refractivity contribution in [3.05, 3.63) is 33.5 Å². The summed E-state index contributed by atoms with van der Waals surface area (Å²) in [6.07, 6.45) is 1.71. The molecular formula is C6H4ClIN. The summed E-state index contributed by atoms with van der Waals surface area (Å²) in [6, 6.07) is 1.88. The molecule has 1 aromatic heterocycles. The standard InChI is InChI=1S/C6H4ClIN/c1-4-2-5(8)3-9-6(4)7/h2-3H,1H2. The fourth-order valence-electron chi connectivity index (χ4n) is 0.465. The van der Waals surface area contributed by atoms with E-state index in [9.17, 15) is 0 Å². The van der Waals surface area contributed by atoms with E-state index < -0.39 is 0 Å². The summed E-state index contributed by atoms with van der Waals surface area (Å²) >= 11 is 7.76. The summed E-state index contributed by atoms with van der Waals surface area (Å²) in [5, 5.41) is 0.482. The Morgan fingerprint density at radius 1 is 1.67 bits per heavy atom. The minimum absolute atomic E-state index is 0.482. The van der Waals surface area contributed by atoms with Crippen LogP contribution in [0.3, 0.4) is 0 Å². The zero-order chi connectivity index (χ0) is 6.85. The molecule has 9 heavy (non-hydrogen) atoms. The van der Waals surface area contributed by atoms with Gasteiger partial charge < -0.3 is 0 Å². The number of aromatic nitrogens is 1. The van der Waals surface area contributed by atoms with Crippen molar-refractivity contribution in [1.82, 2.24) is 4.98 Å². The molecule has 47 valence electrons. The second kappa shape index (κ2) is 2.84. The van der Waals surface area contributed by atoms with E-state index >= 15 is 0 Å². The summed E-state index contributed by atoms with van der Waals surface area (Å²) in [7, 11) is 0. The lowest BCUT2D eigenvalue weighted by Crippen LogP contribution is -1.81. The van der Waals surface area contributed by atoms with Crippen LogP contribution in [0.4, 0.5) is 0 Å². The van der Waals surface area contributed by atoms with Gasteiger partial charge in [-0.1, -0.05) is 11.6 Å². The SMILES string of the molecule is [CH2]c1cc(I)cnc1Cl. The summed E-state index contributed by atoms with van der Waals surface area (Å²) in [4.78, 5) is 3.87. The van der Waals surface area contributed by atoms with Gasteiger partial charge in [-0.05, 0) is 41.1 Å². The lowest BCUT2D eigenvalue weighted by molar-refractivity contribution is 1.28. The van der Waals surface area contributed by atoms with Crippen molar-refractivity contribution in [3.8, 4) is 0 Å². The molecule has 0 aliphatic heterocycles. The highest BCUT2D eigenvalue weighted by atomic mass is 127. The zero-order valence-corrected chi connectivity index (χ0v) is 7.48. The number of pyridine rings is 1. The van der Waals surface area contributed by atoms with Crippen molar-refractivity contribution >= 4 is 34.2 Å². The highest BCUT2D eigenvalue weighted by molar-refractivity contribution is 14.1. The monoisotopic (exact) mass is 252 g/mol. The van der Waals surface area contributed by atoms with Crippen molar-refractivity contribution in [3.63, 3.8) is 0 Å². The van der Waals surface area contributed by atoms with Crippen LogP contribution in [0.15, 0.2) is 12.3 Å². The van der Waals surface area contributed by atoms with E-state index in [2.05, 4.69) is 34.5 Å². The summed E-state index contributed by atoms with van der Waals surface area (Å²) in [5.41, 5.74) is 0.781. The first-order valence-electron chi connectivity index (χ1n) is 2.33. The second-order valence-corrected chi connectivity index (χ2v) is 3.21. The first-order chi connectivity index (χ1) is 4.20. The summed E-state index contributed by atoms with van der Waals surface area (Å²) in [6.45, 7) is 3.68. The molecule has 1 aromatic rings. The maximum Gasteiger partial charge on any atom is 0.132 e. The van der Waals surface area contributed by atoms with Gasteiger partial charge in [0, 0.05) is 9.77 Å². The summed E-state index contributed by atoms with van der Waals surface area (Å²) < 4.78 is 1.06. The van der Waals surface area contributed by atoms with Gasteiger partial charge in [-0.15, -0.1) is 0 Å². The number of hydrogen-bond acceptors (Lipinski definition) is 1. The normalized spacial score (nSPS) is 9.67. The van der Waals surface area contributed by atoms with E-state index in [1.54, 1.807) is 6.20 Å². The van der Waals surface area contributed by atoms with Crippen LogP contribution in [0, 0.1) is 10.5 Å². The van der Waals surface area contributed by atoms with Crippen LogP contribution >= 0.6 is 34.2 Å². The molecule has 0 aliphatic carbocycles. The first kappa shape index (κ1) is 7.28. The molecule has 0 N–H and O–H groups in total. The van der Waals surface area contributed by atoms with E-state index in [0.29, 0.717) is 5.15 Å². The first-order valence-corrected chi connectivity index (χ1v) is 3.79. The van der Waals surface area contributed by atoms with Gasteiger partial charge in [0.1, 0.15) is 5.15 Å². The predicted octanol–water partition coefficient (Wildman–Crippen LogP) is 2.52. The second-order valence-electron chi connectivity index (χ2n) is 1.60. The van der Waals surface area contributed by atoms with Gasteiger partial charge in [-0.2, -0.15) is 0 Å². The molecule has 0 fully saturated rings. The quantitative estimate of drug-likeness (QED) is 0.511. The Kier molecular flexibility index (Phi) is 2.29. The third-order valence-corrected chi connectivity index (χ3v) is 1.81. The lowest BCUT2D eigenvalue weighted by Gasteiger charge is -1.94. The van der Waals surface area contributed by atoms with Gasteiger partial charge in [0.15, 0.2) is 0 Å².